The van der Waals surface area contributed by atoms with Crippen molar-refractivity contribution in [1.29, 1.82) is 0 Å². The fraction of sp³-hybridized carbons (Fsp3) is 0.308. The van der Waals surface area contributed by atoms with E-state index in [1.165, 1.54) is 0 Å². The Hall–Kier alpha value is -1.52. The van der Waals surface area contributed by atoms with E-state index in [9.17, 15) is 0 Å². The summed E-state index contributed by atoms with van der Waals surface area (Å²) in [6.07, 6.45) is 4.61. The Balaban J connectivity index is 2.17. The molecular formula is C13H16ClN3O. The molecule has 0 saturated heterocycles. The molecule has 0 aliphatic rings. The number of hydrogen-bond acceptors (Lipinski definition) is 3. The lowest BCUT2D eigenvalue weighted by Gasteiger charge is -2.08. The minimum atomic E-state index is 0.388. The van der Waals surface area contributed by atoms with Crippen molar-refractivity contribution in [3.05, 3.63) is 41.2 Å². The molecule has 0 aliphatic heterocycles. The Morgan fingerprint density at radius 3 is 3.00 bits per heavy atom. The van der Waals surface area contributed by atoms with Crippen molar-refractivity contribution in [2.75, 3.05) is 0 Å². The first kappa shape index (κ1) is 12.9. The fourth-order valence-corrected chi connectivity index (χ4v) is 1.88. The van der Waals surface area contributed by atoms with Gasteiger partial charge in [-0.05, 0) is 24.6 Å². The molecule has 5 heteroatoms. The molecule has 1 aromatic carbocycles. The summed E-state index contributed by atoms with van der Waals surface area (Å²) < 4.78 is 7.61. The summed E-state index contributed by atoms with van der Waals surface area (Å²) in [6, 6.07) is 5.42. The van der Waals surface area contributed by atoms with Gasteiger partial charge in [0, 0.05) is 23.7 Å². The van der Waals surface area contributed by atoms with Crippen molar-refractivity contribution in [3.63, 3.8) is 0 Å². The maximum Gasteiger partial charge on any atom is 0.165 e. The largest absolute Gasteiger partial charge is 0.454 e. The molecule has 0 amide bonds. The Morgan fingerprint density at radius 2 is 2.28 bits per heavy atom. The van der Waals surface area contributed by atoms with Gasteiger partial charge in [0.25, 0.3) is 0 Å². The number of aromatic nitrogens is 2. The molecule has 0 bridgehead atoms. The molecule has 1 aromatic heterocycles. The smallest absolute Gasteiger partial charge is 0.165 e. The van der Waals surface area contributed by atoms with Crippen molar-refractivity contribution in [1.82, 2.24) is 9.78 Å². The van der Waals surface area contributed by atoms with E-state index in [0.29, 0.717) is 17.3 Å². The van der Waals surface area contributed by atoms with Crippen LogP contribution in [0.1, 0.15) is 18.9 Å². The molecule has 2 N–H and O–H groups in total. The Kier molecular flexibility index (Phi) is 4.23. The zero-order valence-corrected chi connectivity index (χ0v) is 11.0. The van der Waals surface area contributed by atoms with Gasteiger partial charge in [-0.3, -0.25) is 4.68 Å². The summed E-state index contributed by atoms with van der Waals surface area (Å²) in [6.45, 7) is 3.38. The predicted molar refractivity (Wildman–Crippen MR) is 71.9 cm³/mol. The standard InChI is InChI=1S/C13H16ClN3O/c1-2-5-17-9-12(8-16-17)18-13-4-3-11(14)6-10(13)7-15/h3-4,6,8-9H,2,5,7,15H2,1H3. The van der Waals surface area contributed by atoms with Crippen molar-refractivity contribution in [2.24, 2.45) is 5.73 Å². The summed E-state index contributed by atoms with van der Waals surface area (Å²) in [5.74, 6) is 1.43. The van der Waals surface area contributed by atoms with E-state index in [1.807, 2.05) is 23.0 Å². The normalized spacial score (nSPS) is 10.6. The molecule has 1 heterocycles. The van der Waals surface area contributed by atoms with Crippen LogP contribution in [0.25, 0.3) is 0 Å². The average molecular weight is 266 g/mol. The van der Waals surface area contributed by atoms with Gasteiger partial charge in [-0.15, -0.1) is 0 Å². The van der Waals surface area contributed by atoms with E-state index >= 15 is 0 Å². The molecule has 0 unspecified atom stereocenters. The second-order valence-electron chi connectivity index (χ2n) is 4.00. The van der Waals surface area contributed by atoms with Crippen molar-refractivity contribution >= 4 is 11.6 Å². The van der Waals surface area contributed by atoms with E-state index < -0.39 is 0 Å². The van der Waals surface area contributed by atoms with Crippen LogP contribution >= 0.6 is 11.6 Å². The molecule has 0 spiro atoms. The first-order chi connectivity index (χ1) is 8.72. The van der Waals surface area contributed by atoms with Crippen LogP contribution in [0.5, 0.6) is 11.5 Å². The van der Waals surface area contributed by atoms with Gasteiger partial charge >= 0.3 is 0 Å². The van der Waals surface area contributed by atoms with Crippen molar-refractivity contribution < 1.29 is 4.74 Å². The second kappa shape index (κ2) is 5.89. The molecule has 2 rings (SSSR count). The Labute approximate surface area is 111 Å². The van der Waals surface area contributed by atoms with Gasteiger partial charge < -0.3 is 10.5 Å². The third-order valence-corrected chi connectivity index (χ3v) is 2.77. The van der Waals surface area contributed by atoms with Crippen LogP contribution in [-0.4, -0.2) is 9.78 Å². The number of nitrogens with zero attached hydrogens (tertiary/aromatic N) is 2. The first-order valence-electron chi connectivity index (χ1n) is 5.91. The zero-order chi connectivity index (χ0) is 13.0. The van der Waals surface area contributed by atoms with Gasteiger partial charge in [0.2, 0.25) is 0 Å². The first-order valence-corrected chi connectivity index (χ1v) is 6.29. The lowest BCUT2D eigenvalue weighted by Crippen LogP contribution is -1.99. The van der Waals surface area contributed by atoms with Crippen LogP contribution in [0.2, 0.25) is 5.02 Å². The summed E-state index contributed by atoms with van der Waals surface area (Å²) in [4.78, 5) is 0. The Bertz CT molecular complexity index is 525. The summed E-state index contributed by atoms with van der Waals surface area (Å²) in [5, 5.41) is 4.87. The molecular weight excluding hydrogens is 250 g/mol. The lowest BCUT2D eigenvalue weighted by molar-refractivity contribution is 0.474. The molecule has 2 aromatic rings. The highest BCUT2D eigenvalue weighted by atomic mass is 35.5. The van der Waals surface area contributed by atoms with Gasteiger partial charge in [0.1, 0.15) is 5.75 Å². The molecule has 18 heavy (non-hydrogen) atoms. The van der Waals surface area contributed by atoms with E-state index in [4.69, 9.17) is 22.1 Å². The monoisotopic (exact) mass is 265 g/mol. The molecule has 0 atom stereocenters. The van der Waals surface area contributed by atoms with Crippen molar-refractivity contribution in [2.45, 2.75) is 26.4 Å². The molecule has 0 fully saturated rings. The third-order valence-electron chi connectivity index (χ3n) is 2.53. The third kappa shape index (κ3) is 3.03. The molecule has 0 radical (unpaired) electrons. The quantitative estimate of drug-likeness (QED) is 0.903. The van der Waals surface area contributed by atoms with E-state index in [0.717, 1.165) is 24.3 Å². The highest BCUT2D eigenvalue weighted by Gasteiger charge is 2.06. The Morgan fingerprint density at radius 1 is 1.44 bits per heavy atom. The number of benzene rings is 1. The van der Waals surface area contributed by atoms with Gasteiger partial charge in [-0.1, -0.05) is 18.5 Å². The highest BCUT2D eigenvalue weighted by Crippen LogP contribution is 2.27. The topological polar surface area (TPSA) is 53.1 Å². The lowest BCUT2D eigenvalue weighted by atomic mass is 10.2. The average Bonchev–Trinajstić information content (AvgIpc) is 2.79. The number of aryl methyl sites for hydroxylation is 1. The van der Waals surface area contributed by atoms with Crippen LogP contribution in [0, 0.1) is 0 Å². The minimum absolute atomic E-state index is 0.388. The van der Waals surface area contributed by atoms with E-state index in [1.54, 1.807) is 12.3 Å². The summed E-state index contributed by atoms with van der Waals surface area (Å²) in [5.41, 5.74) is 6.55. The van der Waals surface area contributed by atoms with Crippen LogP contribution in [0.3, 0.4) is 0 Å². The summed E-state index contributed by atoms with van der Waals surface area (Å²) >= 11 is 5.92. The SMILES string of the molecule is CCCn1cc(Oc2ccc(Cl)cc2CN)cn1. The van der Waals surface area contributed by atoms with Gasteiger partial charge in [-0.25, -0.2) is 0 Å². The maximum absolute atomic E-state index is 5.92. The van der Waals surface area contributed by atoms with Crippen LogP contribution < -0.4 is 10.5 Å². The van der Waals surface area contributed by atoms with E-state index in [2.05, 4.69) is 12.0 Å². The maximum atomic E-state index is 5.92. The molecule has 96 valence electrons. The summed E-state index contributed by atoms with van der Waals surface area (Å²) in [7, 11) is 0. The van der Waals surface area contributed by atoms with E-state index in [-0.39, 0.29) is 0 Å². The molecule has 4 nitrogen and oxygen atoms in total. The number of ether oxygens (including phenoxy) is 1. The number of halogens is 1. The minimum Gasteiger partial charge on any atom is -0.454 e. The number of rotatable bonds is 5. The molecule has 0 saturated carbocycles. The number of hydrogen-bond donors (Lipinski definition) is 1. The van der Waals surface area contributed by atoms with Gasteiger partial charge in [0.15, 0.2) is 5.75 Å². The predicted octanol–water partition coefficient (Wildman–Crippen LogP) is 3.20. The fourth-order valence-electron chi connectivity index (χ4n) is 1.68. The second-order valence-corrected chi connectivity index (χ2v) is 4.43. The van der Waals surface area contributed by atoms with Crippen LogP contribution in [0.4, 0.5) is 0 Å². The van der Waals surface area contributed by atoms with Gasteiger partial charge in [-0.2, -0.15) is 5.10 Å². The van der Waals surface area contributed by atoms with Crippen LogP contribution in [0.15, 0.2) is 30.6 Å². The highest BCUT2D eigenvalue weighted by molar-refractivity contribution is 6.30. The van der Waals surface area contributed by atoms with Crippen molar-refractivity contribution in [3.8, 4) is 11.5 Å². The number of nitrogens with two attached hydrogens (primary N) is 1. The zero-order valence-electron chi connectivity index (χ0n) is 10.3. The van der Waals surface area contributed by atoms with Crippen LogP contribution in [-0.2, 0) is 13.1 Å². The molecule has 0 aliphatic carbocycles. The van der Waals surface area contributed by atoms with Gasteiger partial charge in [0.05, 0.1) is 12.4 Å².